The Kier molecular flexibility index (Phi) is 5.09. The molecule has 0 radical (unpaired) electrons. The highest BCUT2D eigenvalue weighted by molar-refractivity contribution is 5.59. The van der Waals surface area contributed by atoms with Gasteiger partial charge in [-0.15, -0.1) is 13.2 Å². The number of ether oxygens (including phenoxy) is 2. The lowest BCUT2D eigenvalue weighted by atomic mass is 10.1. The van der Waals surface area contributed by atoms with Crippen molar-refractivity contribution in [3.8, 4) is 22.8 Å². The summed E-state index contributed by atoms with van der Waals surface area (Å²) in [7, 11) is 0. The first-order valence-electron chi connectivity index (χ1n) is 8.65. The van der Waals surface area contributed by atoms with Crippen LogP contribution in [0.5, 0.6) is 11.5 Å². The van der Waals surface area contributed by atoms with Crippen molar-refractivity contribution in [3.63, 3.8) is 0 Å². The van der Waals surface area contributed by atoms with Crippen molar-refractivity contribution in [3.05, 3.63) is 90.4 Å². The molecule has 0 fully saturated rings. The first kappa shape index (κ1) is 18.8. The van der Waals surface area contributed by atoms with Gasteiger partial charge in [0.25, 0.3) is 0 Å². The van der Waals surface area contributed by atoms with E-state index < -0.39 is 12.5 Å². The molecule has 8 heteroatoms. The Morgan fingerprint density at radius 3 is 2.28 bits per heavy atom. The maximum absolute atomic E-state index is 12.2. The van der Waals surface area contributed by atoms with E-state index in [4.69, 9.17) is 9.57 Å². The second-order valence-electron chi connectivity index (χ2n) is 6.14. The summed E-state index contributed by atoms with van der Waals surface area (Å²) in [6.07, 6.45) is -1.97. The van der Waals surface area contributed by atoms with Crippen LogP contribution in [-0.2, 0) is 4.84 Å². The molecule has 0 amide bonds. The van der Waals surface area contributed by atoms with E-state index in [1.54, 1.807) is 18.3 Å². The van der Waals surface area contributed by atoms with Gasteiger partial charge in [-0.3, -0.25) is 9.82 Å². The van der Waals surface area contributed by atoms with Crippen molar-refractivity contribution < 1.29 is 27.5 Å². The zero-order valence-corrected chi connectivity index (χ0v) is 14.9. The number of nitrogens with zero attached hydrogens (tertiary/aromatic N) is 1. The lowest BCUT2D eigenvalue weighted by molar-refractivity contribution is -0.274. The highest BCUT2D eigenvalue weighted by Gasteiger charge is 2.31. The Morgan fingerprint density at radius 1 is 0.897 bits per heavy atom. The van der Waals surface area contributed by atoms with Gasteiger partial charge in [0.1, 0.15) is 17.6 Å². The molecule has 1 N–H and O–H groups in total. The number of nitrogens with one attached hydrogen (secondary N) is 1. The highest BCUT2D eigenvalue weighted by Crippen LogP contribution is 2.29. The minimum Gasteiger partial charge on any atom is -0.438 e. The zero-order valence-electron chi connectivity index (χ0n) is 14.9. The third kappa shape index (κ3) is 4.85. The highest BCUT2D eigenvalue weighted by atomic mass is 19.4. The van der Waals surface area contributed by atoms with E-state index in [9.17, 15) is 13.2 Å². The van der Waals surface area contributed by atoms with E-state index in [1.807, 2.05) is 36.4 Å². The molecule has 148 valence electrons. The number of pyridine rings is 1. The van der Waals surface area contributed by atoms with Crippen molar-refractivity contribution in [2.24, 2.45) is 0 Å². The Morgan fingerprint density at radius 2 is 1.62 bits per heavy atom. The summed E-state index contributed by atoms with van der Waals surface area (Å²) >= 11 is 0. The quantitative estimate of drug-likeness (QED) is 0.643. The first-order valence-corrected chi connectivity index (χ1v) is 8.65. The molecule has 2 heterocycles. The van der Waals surface area contributed by atoms with Gasteiger partial charge >= 0.3 is 6.36 Å². The largest absolute Gasteiger partial charge is 0.573 e. The van der Waals surface area contributed by atoms with Gasteiger partial charge in [-0.25, -0.2) is 5.48 Å². The van der Waals surface area contributed by atoms with Crippen LogP contribution in [-0.4, -0.2) is 11.3 Å². The summed E-state index contributed by atoms with van der Waals surface area (Å²) in [5, 5.41) is 0. The molecule has 1 unspecified atom stereocenters. The molecule has 0 bridgehead atoms. The van der Waals surface area contributed by atoms with Crippen LogP contribution >= 0.6 is 0 Å². The topological polar surface area (TPSA) is 52.6 Å². The van der Waals surface area contributed by atoms with Crippen molar-refractivity contribution in [2.75, 3.05) is 0 Å². The van der Waals surface area contributed by atoms with E-state index >= 15 is 0 Å². The van der Waals surface area contributed by atoms with Gasteiger partial charge in [-0.1, -0.05) is 42.5 Å². The number of benzene rings is 2. The average molecular weight is 400 g/mol. The summed E-state index contributed by atoms with van der Waals surface area (Å²) in [5.74, 6) is 0.582. The molecule has 1 atom stereocenters. The maximum atomic E-state index is 12.2. The van der Waals surface area contributed by atoms with Crippen LogP contribution in [0.4, 0.5) is 13.2 Å². The molecule has 3 aromatic rings. The molecule has 0 saturated carbocycles. The van der Waals surface area contributed by atoms with Gasteiger partial charge in [0.15, 0.2) is 0 Å². The molecule has 4 rings (SSSR count). The summed E-state index contributed by atoms with van der Waals surface area (Å²) in [4.78, 5) is 9.79. The average Bonchev–Trinajstić information content (AvgIpc) is 3.17. The third-order valence-corrected chi connectivity index (χ3v) is 4.07. The standard InChI is InChI=1S/C21H15F3N2O3/c22-21(23,24)28-16-8-6-15(7-9-16)19-12-20(26-29-19)27-17-10-11-18(25-13-17)14-4-2-1-3-5-14/h1-13,19,26H. The fourth-order valence-electron chi connectivity index (χ4n) is 2.75. The fraction of sp³-hybridized carbons (Fsp3) is 0.0952. The predicted octanol–water partition coefficient (Wildman–Crippen LogP) is 5.14. The molecule has 0 spiro atoms. The van der Waals surface area contributed by atoms with Crippen molar-refractivity contribution in [1.82, 2.24) is 10.5 Å². The van der Waals surface area contributed by atoms with Gasteiger partial charge in [0.2, 0.25) is 5.88 Å². The van der Waals surface area contributed by atoms with E-state index in [0.717, 1.165) is 11.3 Å². The van der Waals surface area contributed by atoms with E-state index in [2.05, 4.69) is 15.2 Å². The van der Waals surface area contributed by atoms with Crippen molar-refractivity contribution in [1.29, 1.82) is 0 Å². The molecule has 5 nitrogen and oxygen atoms in total. The number of halogens is 3. The van der Waals surface area contributed by atoms with Crippen LogP contribution in [0.2, 0.25) is 0 Å². The Labute approximate surface area is 164 Å². The monoisotopic (exact) mass is 400 g/mol. The summed E-state index contributed by atoms with van der Waals surface area (Å²) in [6.45, 7) is 0. The first-order chi connectivity index (χ1) is 14.0. The van der Waals surface area contributed by atoms with Gasteiger partial charge in [-0.2, -0.15) is 0 Å². The molecule has 1 aliphatic rings. The molecule has 2 aromatic carbocycles. The summed E-state index contributed by atoms with van der Waals surface area (Å²) in [5.41, 5.74) is 5.11. The van der Waals surface area contributed by atoms with Crippen LogP contribution in [0.25, 0.3) is 11.3 Å². The fourth-order valence-corrected chi connectivity index (χ4v) is 2.75. The molecule has 1 aliphatic heterocycles. The second-order valence-corrected chi connectivity index (χ2v) is 6.14. The number of hydroxylamine groups is 1. The lowest BCUT2D eigenvalue weighted by Crippen LogP contribution is -2.17. The number of aromatic nitrogens is 1. The number of hydrogen-bond donors (Lipinski definition) is 1. The van der Waals surface area contributed by atoms with Gasteiger partial charge in [-0.05, 0) is 29.8 Å². The number of hydrogen-bond acceptors (Lipinski definition) is 5. The zero-order chi connectivity index (χ0) is 20.3. The van der Waals surface area contributed by atoms with Crippen LogP contribution in [0, 0.1) is 0 Å². The predicted molar refractivity (Wildman–Crippen MR) is 98.5 cm³/mol. The molecular weight excluding hydrogens is 385 g/mol. The minimum atomic E-state index is -4.72. The molecule has 29 heavy (non-hydrogen) atoms. The lowest BCUT2D eigenvalue weighted by Gasteiger charge is -2.11. The Bertz CT molecular complexity index is 988. The van der Waals surface area contributed by atoms with Crippen LogP contribution in [0.15, 0.2) is 84.9 Å². The third-order valence-electron chi connectivity index (χ3n) is 4.07. The summed E-state index contributed by atoms with van der Waals surface area (Å²) < 4.78 is 46.3. The Hall–Kier alpha value is -3.52. The maximum Gasteiger partial charge on any atom is 0.573 e. The van der Waals surface area contributed by atoms with Crippen molar-refractivity contribution >= 4 is 0 Å². The van der Waals surface area contributed by atoms with E-state index in [-0.39, 0.29) is 5.75 Å². The smallest absolute Gasteiger partial charge is 0.438 e. The summed E-state index contributed by atoms with van der Waals surface area (Å²) in [6, 6.07) is 18.8. The van der Waals surface area contributed by atoms with Gasteiger partial charge in [0.05, 0.1) is 11.9 Å². The molecule has 0 saturated heterocycles. The SMILES string of the molecule is FC(F)(F)Oc1ccc(C2C=C(Oc3ccc(-c4ccccc4)nc3)NO2)cc1. The van der Waals surface area contributed by atoms with Crippen LogP contribution in [0.3, 0.4) is 0 Å². The molecule has 1 aromatic heterocycles. The van der Waals surface area contributed by atoms with E-state index in [0.29, 0.717) is 17.2 Å². The van der Waals surface area contributed by atoms with E-state index in [1.165, 1.54) is 24.3 Å². The molecular formula is C21H15F3N2O3. The van der Waals surface area contributed by atoms with Crippen LogP contribution < -0.4 is 15.0 Å². The minimum absolute atomic E-state index is 0.294. The van der Waals surface area contributed by atoms with Crippen LogP contribution in [0.1, 0.15) is 11.7 Å². The van der Waals surface area contributed by atoms with Gasteiger partial charge in [0, 0.05) is 11.6 Å². The Balaban J connectivity index is 1.40. The number of rotatable bonds is 5. The van der Waals surface area contributed by atoms with Crippen molar-refractivity contribution in [2.45, 2.75) is 12.5 Å². The molecule has 0 aliphatic carbocycles. The number of alkyl halides is 3. The van der Waals surface area contributed by atoms with Gasteiger partial charge < -0.3 is 9.47 Å². The second kappa shape index (κ2) is 7.84. The normalized spacial score (nSPS) is 16.1.